The van der Waals surface area contributed by atoms with Gasteiger partial charge in [0, 0.05) is 5.69 Å². The van der Waals surface area contributed by atoms with Crippen molar-refractivity contribution in [3.05, 3.63) is 76.9 Å². The molecule has 0 aromatic heterocycles. The number of hydrogen-bond donors (Lipinski definition) is 2. The summed E-state index contributed by atoms with van der Waals surface area (Å²) in [5.74, 6) is 0.432. The Morgan fingerprint density at radius 1 is 0.640 bits per heavy atom. The van der Waals surface area contributed by atoms with Crippen molar-refractivity contribution in [3.63, 3.8) is 0 Å². The molecule has 0 unspecified atom stereocenters. The van der Waals surface area contributed by atoms with Gasteiger partial charge in [-0.05, 0) is 74.2 Å². The second kappa shape index (κ2) is 6.52. The quantitative estimate of drug-likeness (QED) is 0.636. The van der Waals surface area contributed by atoms with Crippen LogP contribution in [0.4, 0.5) is 17.1 Å². The van der Waals surface area contributed by atoms with E-state index < -0.39 is 0 Å². The molecule has 3 aromatic carbocycles. The van der Waals surface area contributed by atoms with E-state index in [4.69, 9.17) is 0 Å². The molecule has 0 fully saturated rings. The Hall–Kier alpha value is -2.94. The molecule has 3 nitrogen and oxygen atoms in total. The van der Waals surface area contributed by atoms with Gasteiger partial charge in [-0.25, -0.2) is 0 Å². The van der Waals surface area contributed by atoms with Crippen molar-refractivity contribution in [2.24, 2.45) is 0 Å². The maximum Gasteiger partial charge on any atom is 0.142 e. The van der Waals surface area contributed by atoms with Crippen LogP contribution in [0, 0.1) is 27.7 Å². The second-order valence-corrected chi connectivity index (χ2v) is 6.57. The van der Waals surface area contributed by atoms with Gasteiger partial charge in [0.2, 0.25) is 0 Å². The van der Waals surface area contributed by atoms with Crippen molar-refractivity contribution in [2.75, 3.05) is 4.90 Å². The van der Waals surface area contributed by atoms with Crippen molar-refractivity contribution in [1.82, 2.24) is 0 Å². The zero-order valence-electron chi connectivity index (χ0n) is 15.0. The van der Waals surface area contributed by atoms with Crippen LogP contribution in [0.25, 0.3) is 0 Å². The number of hydrogen-bond acceptors (Lipinski definition) is 3. The van der Waals surface area contributed by atoms with Crippen LogP contribution in [0.2, 0.25) is 0 Å². The zero-order chi connectivity index (χ0) is 18.1. The lowest BCUT2D eigenvalue weighted by Crippen LogP contribution is -2.11. The summed E-state index contributed by atoms with van der Waals surface area (Å²) in [6.07, 6.45) is 0. The number of benzene rings is 3. The smallest absolute Gasteiger partial charge is 0.142 e. The van der Waals surface area contributed by atoms with Gasteiger partial charge >= 0.3 is 0 Å². The highest BCUT2D eigenvalue weighted by Crippen LogP contribution is 2.45. The maximum atomic E-state index is 10.7. The minimum atomic E-state index is 0.216. The number of phenolic OH excluding ortho intramolecular Hbond substituents is 2. The van der Waals surface area contributed by atoms with Gasteiger partial charge in [-0.15, -0.1) is 0 Å². The van der Waals surface area contributed by atoms with Crippen LogP contribution < -0.4 is 4.90 Å². The molecule has 0 saturated carbocycles. The highest BCUT2D eigenvalue weighted by Gasteiger charge is 2.21. The van der Waals surface area contributed by atoms with Crippen LogP contribution in [0.1, 0.15) is 22.3 Å². The molecule has 0 spiro atoms. The summed E-state index contributed by atoms with van der Waals surface area (Å²) in [5, 5.41) is 21.4. The molecule has 0 aliphatic carbocycles. The summed E-state index contributed by atoms with van der Waals surface area (Å²) in [6, 6.07) is 17.5. The van der Waals surface area contributed by atoms with E-state index in [-0.39, 0.29) is 11.5 Å². The fourth-order valence-corrected chi connectivity index (χ4v) is 3.20. The van der Waals surface area contributed by atoms with E-state index in [2.05, 4.69) is 0 Å². The van der Waals surface area contributed by atoms with E-state index in [1.807, 2.05) is 87.2 Å². The molecular formula is C22H23NO2. The minimum absolute atomic E-state index is 0.216. The standard InChI is InChI=1S/C22H23NO2/c1-14-10-16(3)21(24)19(12-14)23(18-8-6-5-7-9-18)20-13-15(2)11-17(4)22(20)25/h5-13,24-25H,1-4H3. The van der Waals surface area contributed by atoms with Crippen molar-refractivity contribution < 1.29 is 10.2 Å². The normalized spacial score (nSPS) is 10.7. The molecular weight excluding hydrogens is 310 g/mol. The SMILES string of the molecule is Cc1cc(C)c(O)c(N(c2ccccc2)c2cc(C)cc(C)c2O)c1. The third kappa shape index (κ3) is 3.18. The van der Waals surface area contributed by atoms with Gasteiger partial charge in [-0.2, -0.15) is 0 Å². The number of aromatic hydroxyl groups is 2. The second-order valence-electron chi connectivity index (χ2n) is 6.57. The molecule has 128 valence electrons. The van der Waals surface area contributed by atoms with Crippen LogP contribution in [0.5, 0.6) is 11.5 Å². The third-order valence-electron chi connectivity index (χ3n) is 4.35. The molecule has 0 saturated heterocycles. The Bertz CT molecular complexity index is 860. The van der Waals surface area contributed by atoms with Gasteiger partial charge in [0.15, 0.2) is 0 Å². The molecule has 0 aliphatic heterocycles. The molecule has 0 aliphatic rings. The Morgan fingerprint density at radius 2 is 1.08 bits per heavy atom. The lowest BCUT2D eigenvalue weighted by molar-refractivity contribution is 0.468. The van der Waals surface area contributed by atoms with E-state index in [1.54, 1.807) is 0 Å². The van der Waals surface area contributed by atoms with Crippen molar-refractivity contribution in [1.29, 1.82) is 0 Å². The van der Waals surface area contributed by atoms with E-state index in [9.17, 15) is 10.2 Å². The Morgan fingerprint density at radius 3 is 1.52 bits per heavy atom. The number of aryl methyl sites for hydroxylation is 4. The predicted molar refractivity (Wildman–Crippen MR) is 103 cm³/mol. The van der Waals surface area contributed by atoms with E-state index >= 15 is 0 Å². The predicted octanol–water partition coefficient (Wildman–Crippen LogP) is 5.80. The molecule has 0 amide bonds. The Labute approximate surface area is 148 Å². The third-order valence-corrected chi connectivity index (χ3v) is 4.35. The first-order chi connectivity index (χ1) is 11.9. The van der Waals surface area contributed by atoms with Gasteiger partial charge < -0.3 is 15.1 Å². The van der Waals surface area contributed by atoms with Crippen molar-refractivity contribution >= 4 is 17.1 Å². The highest BCUT2D eigenvalue weighted by atomic mass is 16.3. The Kier molecular flexibility index (Phi) is 4.41. The molecule has 0 radical (unpaired) electrons. The van der Waals surface area contributed by atoms with E-state index in [1.165, 1.54) is 0 Å². The highest BCUT2D eigenvalue weighted by molar-refractivity contribution is 5.84. The largest absolute Gasteiger partial charge is 0.505 e. The average Bonchev–Trinajstić information content (AvgIpc) is 2.57. The summed E-state index contributed by atoms with van der Waals surface area (Å²) in [6.45, 7) is 7.77. The van der Waals surface area contributed by atoms with Crippen LogP contribution in [-0.4, -0.2) is 10.2 Å². The van der Waals surface area contributed by atoms with Crippen LogP contribution in [-0.2, 0) is 0 Å². The number of rotatable bonds is 3. The lowest BCUT2D eigenvalue weighted by Gasteiger charge is -2.28. The summed E-state index contributed by atoms with van der Waals surface area (Å²) < 4.78 is 0. The van der Waals surface area contributed by atoms with E-state index in [0.29, 0.717) is 11.4 Å². The van der Waals surface area contributed by atoms with Gasteiger partial charge in [-0.3, -0.25) is 0 Å². The molecule has 3 rings (SSSR count). The molecule has 0 heterocycles. The molecule has 2 N–H and O–H groups in total. The van der Waals surface area contributed by atoms with Crippen molar-refractivity contribution in [2.45, 2.75) is 27.7 Å². The monoisotopic (exact) mass is 333 g/mol. The van der Waals surface area contributed by atoms with Crippen LogP contribution in [0.3, 0.4) is 0 Å². The number of para-hydroxylation sites is 1. The minimum Gasteiger partial charge on any atom is -0.505 e. The summed E-state index contributed by atoms with van der Waals surface area (Å²) >= 11 is 0. The number of nitrogens with zero attached hydrogens (tertiary/aromatic N) is 1. The van der Waals surface area contributed by atoms with Gasteiger partial charge in [-0.1, -0.05) is 30.3 Å². The number of phenols is 2. The molecule has 0 bridgehead atoms. The molecule has 25 heavy (non-hydrogen) atoms. The van der Waals surface area contributed by atoms with Crippen LogP contribution >= 0.6 is 0 Å². The Balaban J connectivity index is 2.34. The van der Waals surface area contributed by atoms with Gasteiger partial charge in [0.1, 0.15) is 11.5 Å². The molecule has 0 atom stereocenters. The molecule has 3 aromatic rings. The summed E-state index contributed by atoms with van der Waals surface area (Å²) in [5.41, 5.74) is 5.90. The molecule has 3 heteroatoms. The number of anilines is 3. The average molecular weight is 333 g/mol. The van der Waals surface area contributed by atoms with Gasteiger partial charge in [0.25, 0.3) is 0 Å². The summed E-state index contributed by atoms with van der Waals surface area (Å²) in [4.78, 5) is 1.91. The first-order valence-corrected chi connectivity index (χ1v) is 8.34. The van der Waals surface area contributed by atoms with Crippen molar-refractivity contribution in [3.8, 4) is 11.5 Å². The summed E-state index contributed by atoms with van der Waals surface area (Å²) in [7, 11) is 0. The maximum absolute atomic E-state index is 10.7. The fraction of sp³-hybridized carbons (Fsp3) is 0.182. The first kappa shape index (κ1) is 16.9. The first-order valence-electron chi connectivity index (χ1n) is 8.34. The topological polar surface area (TPSA) is 43.7 Å². The zero-order valence-corrected chi connectivity index (χ0v) is 15.0. The lowest BCUT2D eigenvalue weighted by atomic mass is 10.0. The fourth-order valence-electron chi connectivity index (χ4n) is 3.20. The van der Waals surface area contributed by atoms with Crippen LogP contribution in [0.15, 0.2) is 54.6 Å². The van der Waals surface area contributed by atoms with E-state index in [0.717, 1.165) is 27.9 Å². The van der Waals surface area contributed by atoms with Gasteiger partial charge in [0.05, 0.1) is 11.4 Å².